The van der Waals surface area contributed by atoms with Crippen LogP contribution in [0.1, 0.15) is 38.7 Å². The zero-order valence-corrected chi connectivity index (χ0v) is 13.1. The third kappa shape index (κ3) is 3.97. The van der Waals surface area contributed by atoms with Crippen LogP contribution in [-0.2, 0) is 10.2 Å². The van der Waals surface area contributed by atoms with Gasteiger partial charge in [0.25, 0.3) is 0 Å². The maximum atomic E-state index is 12.1. The van der Waals surface area contributed by atoms with Crippen LogP contribution in [-0.4, -0.2) is 18.5 Å². The van der Waals surface area contributed by atoms with Gasteiger partial charge < -0.3 is 11.1 Å². The van der Waals surface area contributed by atoms with E-state index in [1.54, 1.807) is 0 Å². The first kappa shape index (κ1) is 17.0. The Balaban J connectivity index is 0.00000200. The van der Waals surface area contributed by atoms with Crippen LogP contribution in [0.25, 0.3) is 0 Å². The molecular weight excluding hydrogens is 272 g/mol. The van der Waals surface area contributed by atoms with Crippen molar-refractivity contribution >= 4 is 18.3 Å². The zero-order chi connectivity index (χ0) is 13.9. The lowest BCUT2D eigenvalue weighted by molar-refractivity contribution is -0.125. The average Bonchev–Trinajstić information content (AvgIpc) is 2.83. The minimum Gasteiger partial charge on any atom is -0.355 e. The number of hydrogen-bond donors (Lipinski definition) is 2. The molecule has 3 N–H and O–H groups in total. The molecule has 4 heteroatoms. The number of amides is 1. The molecule has 0 aromatic heterocycles. The van der Waals surface area contributed by atoms with Crippen molar-refractivity contribution in [2.75, 3.05) is 6.54 Å². The van der Waals surface area contributed by atoms with Crippen molar-refractivity contribution in [3.63, 3.8) is 0 Å². The van der Waals surface area contributed by atoms with Gasteiger partial charge in [-0.1, -0.05) is 50.6 Å². The fourth-order valence-corrected chi connectivity index (χ4v) is 2.74. The molecule has 2 rings (SSSR count). The Labute approximate surface area is 127 Å². The predicted molar refractivity (Wildman–Crippen MR) is 85.0 cm³/mol. The minimum absolute atomic E-state index is 0. The van der Waals surface area contributed by atoms with Crippen molar-refractivity contribution in [1.82, 2.24) is 5.32 Å². The van der Waals surface area contributed by atoms with Gasteiger partial charge in [0.15, 0.2) is 0 Å². The van der Waals surface area contributed by atoms with E-state index in [9.17, 15) is 4.79 Å². The number of nitrogens with two attached hydrogens (primary N) is 1. The molecule has 0 spiro atoms. The summed E-state index contributed by atoms with van der Waals surface area (Å²) in [5, 5.41) is 3.07. The Hall–Kier alpha value is -1.06. The number of carbonyl (C=O) groups excluding carboxylic acids is 1. The molecule has 1 aromatic carbocycles. The quantitative estimate of drug-likeness (QED) is 0.897. The Kier molecular flexibility index (Phi) is 6.03. The van der Waals surface area contributed by atoms with Crippen LogP contribution in [0.5, 0.6) is 0 Å². The molecule has 0 heterocycles. The van der Waals surface area contributed by atoms with E-state index in [4.69, 9.17) is 5.73 Å². The normalized spacial score (nSPS) is 22.1. The van der Waals surface area contributed by atoms with Crippen LogP contribution < -0.4 is 11.1 Å². The van der Waals surface area contributed by atoms with E-state index in [2.05, 4.69) is 31.3 Å². The van der Waals surface area contributed by atoms with Crippen LogP contribution in [0.4, 0.5) is 0 Å². The molecule has 3 nitrogen and oxygen atoms in total. The molecule has 20 heavy (non-hydrogen) atoms. The lowest BCUT2D eigenvalue weighted by Gasteiger charge is -2.27. The average molecular weight is 297 g/mol. The van der Waals surface area contributed by atoms with Crippen LogP contribution in [0, 0.1) is 5.92 Å². The van der Waals surface area contributed by atoms with Crippen molar-refractivity contribution in [2.45, 2.75) is 44.6 Å². The van der Waals surface area contributed by atoms with Crippen LogP contribution in [0.3, 0.4) is 0 Å². The van der Waals surface area contributed by atoms with Crippen molar-refractivity contribution < 1.29 is 4.79 Å². The van der Waals surface area contributed by atoms with Crippen molar-refractivity contribution in [3.05, 3.63) is 35.9 Å². The molecule has 112 valence electrons. The van der Waals surface area contributed by atoms with E-state index < -0.39 is 0 Å². The van der Waals surface area contributed by atoms with E-state index in [0.717, 1.165) is 19.3 Å². The summed E-state index contributed by atoms with van der Waals surface area (Å²) in [7, 11) is 0. The molecule has 2 atom stereocenters. The highest BCUT2D eigenvalue weighted by Crippen LogP contribution is 2.25. The third-order valence-electron chi connectivity index (χ3n) is 4.17. The van der Waals surface area contributed by atoms with Gasteiger partial charge in [-0.2, -0.15) is 0 Å². The molecule has 1 aromatic rings. The summed E-state index contributed by atoms with van der Waals surface area (Å²) in [6, 6.07) is 10.3. The Morgan fingerprint density at radius 1 is 1.30 bits per heavy atom. The summed E-state index contributed by atoms with van der Waals surface area (Å²) in [5.74, 6) is 0.126. The number of halogens is 1. The molecule has 2 unspecified atom stereocenters. The topological polar surface area (TPSA) is 55.1 Å². The number of hydrogen-bond acceptors (Lipinski definition) is 2. The van der Waals surface area contributed by atoms with E-state index in [-0.39, 0.29) is 35.7 Å². The predicted octanol–water partition coefficient (Wildman–Crippen LogP) is 2.63. The van der Waals surface area contributed by atoms with E-state index in [0.29, 0.717) is 6.54 Å². The summed E-state index contributed by atoms with van der Waals surface area (Å²) in [6.07, 6.45) is 2.97. The number of nitrogens with one attached hydrogen (secondary N) is 1. The number of benzene rings is 1. The van der Waals surface area contributed by atoms with Gasteiger partial charge in [0.1, 0.15) is 0 Å². The van der Waals surface area contributed by atoms with Gasteiger partial charge in [-0.25, -0.2) is 0 Å². The Bertz CT molecular complexity index is 433. The van der Waals surface area contributed by atoms with E-state index in [1.807, 2.05) is 18.2 Å². The largest absolute Gasteiger partial charge is 0.355 e. The van der Waals surface area contributed by atoms with E-state index in [1.165, 1.54) is 5.56 Å². The number of carbonyl (C=O) groups is 1. The highest BCUT2D eigenvalue weighted by atomic mass is 35.5. The van der Waals surface area contributed by atoms with Gasteiger partial charge in [0.2, 0.25) is 5.91 Å². The van der Waals surface area contributed by atoms with Crippen LogP contribution in [0.2, 0.25) is 0 Å². The zero-order valence-electron chi connectivity index (χ0n) is 12.3. The van der Waals surface area contributed by atoms with Gasteiger partial charge >= 0.3 is 0 Å². The highest BCUT2D eigenvalue weighted by Gasteiger charge is 2.31. The Morgan fingerprint density at radius 2 is 1.95 bits per heavy atom. The third-order valence-corrected chi connectivity index (χ3v) is 4.17. The standard InChI is InChI=1S/C16H24N2O.ClH/c1-16(2,12-7-4-3-5-8-12)11-18-15(19)13-9-6-10-14(13)17;/h3-5,7-8,13-14H,6,9-11,17H2,1-2H3,(H,18,19);1H. The minimum atomic E-state index is -0.0559. The monoisotopic (exact) mass is 296 g/mol. The van der Waals surface area contributed by atoms with Crippen molar-refractivity contribution in [1.29, 1.82) is 0 Å². The SMILES string of the molecule is CC(C)(CNC(=O)C1CCCC1N)c1ccccc1.Cl. The summed E-state index contributed by atoms with van der Waals surface area (Å²) >= 11 is 0. The van der Waals surface area contributed by atoms with Crippen LogP contribution in [0.15, 0.2) is 30.3 Å². The second kappa shape index (κ2) is 7.09. The van der Waals surface area contributed by atoms with E-state index >= 15 is 0 Å². The molecule has 1 aliphatic carbocycles. The summed E-state index contributed by atoms with van der Waals surface area (Å²) in [4.78, 5) is 12.1. The first-order chi connectivity index (χ1) is 9.00. The molecule has 1 saturated carbocycles. The molecular formula is C16H25ClN2O. The summed E-state index contributed by atoms with van der Waals surface area (Å²) < 4.78 is 0. The molecule has 0 bridgehead atoms. The second-order valence-corrected chi connectivity index (χ2v) is 6.17. The smallest absolute Gasteiger partial charge is 0.224 e. The fourth-order valence-electron chi connectivity index (χ4n) is 2.74. The van der Waals surface area contributed by atoms with Gasteiger partial charge in [-0.3, -0.25) is 4.79 Å². The van der Waals surface area contributed by atoms with Gasteiger partial charge in [0, 0.05) is 18.0 Å². The fraction of sp³-hybridized carbons (Fsp3) is 0.562. The maximum Gasteiger partial charge on any atom is 0.224 e. The van der Waals surface area contributed by atoms with Crippen molar-refractivity contribution in [2.24, 2.45) is 11.7 Å². The molecule has 1 fully saturated rings. The maximum absolute atomic E-state index is 12.1. The highest BCUT2D eigenvalue weighted by molar-refractivity contribution is 5.85. The molecule has 1 amide bonds. The molecule has 0 saturated heterocycles. The lowest BCUT2D eigenvalue weighted by atomic mass is 9.84. The van der Waals surface area contributed by atoms with Gasteiger partial charge in [-0.05, 0) is 18.4 Å². The van der Waals surface area contributed by atoms with Crippen molar-refractivity contribution in [3.8, 4) is 0 Å². The van der Waals surface area contributed by atoms with Crippen LogP contribution >= 0.6 is 12.4 Å². The molecule has 1 aliphatic rings. The van der Waals surface area contributed by atoms with Gasteiger partial charge in [-0.15, -0.1) is 12.4 Å². The second-order valence-electron chi connectivity index (χ2n) is 6.17. The number of rotatable bonds is 4. The summed E-state index contributed by atoms with van der Waals surface area (Å²) in [5.41, 5.74) is 7.16. The lowest BCUT2D eigenvalue weighted by Crippen LogP contribution is -2.43. The first-order valence-corrected chi connectivity index (χ1v) is 7.09. The summed E-state index contributed by atoms with van der Waals surface area (Å²) in [6.45, 7) is 4.95. The molecule has 0 radical (unpaired) electrons. The Morgan fingerprint density at radius 3 is 2.50 bits per heavy atom. The molecule has 0 aliphatic heterocycles. The first-order valence-electron chi connectivity index (χ1n) is 7.09. The van der Waals surface area contributed by atoms with Gasteiger partial charge in [0.05, 0.1) is 5.92 Å².